The molecule has 1 atom stereocenters. The molecule has 1 aliphatic rings. The number of benzene rings is 2. The Morgan fingerprint density at radius 2 is 1.71 bits per heavy atom. The Labute approximate surface area is 235 Å². The highest BCUT2D eigenvalue weighted by molar-refractivity contribution is 7.91. The van der Waals surface area contributed by atoms with Crippen LogP contribution in [0.5, 0.6) is 0 Å². The van der Waals surface area contributed by atoms with E-state index in [1.54, 1.807) is 19.1 Å². The molecule has 2 aromatic carbocycles. The minimum Gasteiger partial charge on any atom is -0.282 e. The van der Waals surface area contributed by atoms with Crippen LogP contribution in [0.4, 0.5) is 24.8 Å². The molecule has 13 heteroatoms. The average molecular weight is 585 g/mol. The van der Waals surface area contributed by atoms with Crippen LogP contribution in [-0.2, 0) is 22.6 Å². The predicted octanol–water partition coefficient (Wildman–Crippen LogP) is 5.08. The molecule has 4 rings (SSSR count). The fraction of sp³-hybridized carbons (Fsp3) is 0.357. The van der Waals surface area contributed by atoms with Crippen molar-refractivity contribution in [3.05, 3.63) is 87.0 Å². The molecular weight excluding hydrogens is 557 g/mol. The van der Waals surface area contributed by atoms with Crippen molar-refractivity contribution >= 4 is 21.5 Å². The van der Waals surface area contributed by atoms with Crippen LogP contribution >= 0.6 is 0 Å². The number of rotatable bonds is 9. The predicted molar refractivity (Wildman–Crippen MR) is 146 cm³/mol. The lowest BCUT2D eigenvalue weighted by Gasteiger charge is -2.34. The molecule has 0 N–H and O–H groups in total. The van der Waals surface area contributed by atoms with Crippen LogP contribution in [0.25, 0.3) is 0 Å². The third-order valence-corrected chi connectivity index (χ3v) is 8.67. The van der Waals surface area contributed by atoms with Crippen LogP contribution < -0.4 is 10.6 Å². The van der Waals surface area contributed by atoms with E-state index in [0.29, 0.717) is 17.5 Å². The topological polar surface area (TPSA) is 125 Å². The van der Waals surface area contributed by atoms with Crippen molar-refractivity contribution in [1.82, 2.24) is 14.3 Å². The van der Waals surface area contributed by atoms with Crippen LogP contribution in [0.1, 0.15) is 55.8 Å². The van der Waals surface area contributed by atoms with E-state index >= 15 is 0 Å². The zero-order chi connectivity index (χ0) is 29.9. The maximum Gasteiger partial charge on any atom is 0.416 e. The second-order valence-electron chi connectivity index (χ2n) is 9.67. The first-order chi connectivity index (χ1) is 19.4. The molecule has 0 fully saturated rings. The zero-order valence-corrected chi connectivity index (χ0v) is 23.2. The fourth-order valence-electron chi connectivity index (χ4n) is 4.76. The lowest BCUT2D eigenvalue weighted by molar-refractivity contribution is -0.137. The monoisotopic (exact) mass is 584 g/mol. The SMILES string of the molecule is CCCCS(=O)(=O)CCCn1nc2n(c1=O)C(c1ccc(C#N)cc1)C(C#N)=C(C)N2c1cccc(C(F)(F)F)c1. The van der Waals surface area contributed by atoms with Crippen molar-refractivity contribution in [3.63, 3.8) is 0 Å². The van der Waals surface area contributed by atoms with Gasteiger partial charge in [0.25, 0.3) is 0 Å². The highest BCUT2D eigenvalue weighted by atomic mass is 32.2. The number of halogens is 3. The Morgan fingerprint density at radius 1 is 1.02 bits per heavy atom. The van der Waals surface area contributed by atoms with Gasteiger partial charge in [-0.1, -0.05) is 31.5 Å². The largest absolute Gasteiger partial charge is 0.416 e. The van der Waals surface area contributed by atoms with E-state index in [4.69, 9.17) is 0 Å². The molecular formula is C28H27F3N6O3S. The Kier molecular flexibility index (Phi) is 8.40. The number of aryl methyl sites for hydroxylation is 1. The van der Waals surface area contributed by atoms with Crippen LogP contribution in [-0.4, -0.2) is 34.3 Å². The number of aromatic nitrogens is 3. The number of anilines is 2. The molecule has 3 aromatic rings. The smallest absolute Gasteiger partial charge is 0.282 e. The molecule has 41 heavy (non-hydrogen) atoms. The number of nitriles is 2. The highest BCUT2D eigenvalue weighted by Gasteiger charge is 2.38. The number of fused-ring (bicyclic) bond motifs is 1. The summed E-state index contributed by atoms with van der Waals surface area (Å²) in [5, 5.41) is 23.8. The number of hydrogen-bond acceptors (Lipinski definition) is 7. The summed E-state index contributed by atoms with van der Waals surface area (Å²) in [5.74, 6) is -0.135. The van der Waals surface area contributed by atoms with Crippen molar-refractivity contribution in [1.29, 1.82) is 10.5 Å². The molecule has 0 spiro atoms. The van der Waals surface area contributed by atoms with E-state index in [1.165, 1.54) is 33.7 Å². The average Bonchev–Trinajstić information content (AvgIpc) is 3.25. The van der Waals surface area contributed by atoms with Gasteiger partial charge in [-0.15, -0.1) is 5.10 Å². The van der Waals surface area contributed by atoms with Gasteiger partial charge in [-0.25, -0.2) is 22.5 Å². The van der Waals surface area contributed by atoms with Crippen LogP contribution in [0.15, 0.2) is 64.6 Å². The van der Waals surface area contributed by atoms with E-state index in [1.807, 2.05) is 13.0 Å². The molecule has 9 nitrogen and oxygen atoms in total. The Hall–Kier alpha value is -4.36. The summed E-state index contributed by atoms with van der Waals surface area (Å²) in [6, 6.07) is 13.9. The first-order valence-electron chi connectivity index (χ1n) is 12.9. The van der Waals surface area contributed by atoms with Crippen molar-refractivity contribution < 1.29 is 21.6 Å². The quantitative estimate of drug-likeness (QED) is 0.344. The second kappa shape index (κ2) is 11.6. The van der Waals surface area contributed by atoms with E-state index in [2.05, 4.69) is 11.2 Å². The Bertz CT molecular complexity index is 1730. The molecule has 1 unspecified atom stereocenters. The van der Waals surface area contributed by atoms with Gasteiger partial charge in [-0.2, -0.15) is 23.7 Å². The number of unbranched alkanes of at least 4 members (excludes halogenated alkanes) is 1. The first kappa shape index (κ1) is 29.6. The molecule has 0 radical (unpaired) electrons. The van der Waals surface area contributed by atoms with Gasteiger partial charge < -0.3 is 0 Å². The van der Waals surface area contributed by atoms with Crippen LogP contribution in [0, 0.1) is 22.7 Å². The molecule has 0 aliphatic carbocycles. The summed E-state index contributed by atoms with van der Waals surface area (Å²) >= 11 is 0. The summed E-state index contributed by atoms with van der Waals surface area (Å²) in [7, 11) is -3.33. The summed E-state index contributed by atoms with van der Waals surface area (Å²) in [4.78, 5) is 15.1. The van der Waals surface area contributed by atoms with Gasteiger partial charge in [-0.3, -0.25) is 4.90 Å². The summed E-state index contributed by atoms with van der Waals surface area (Å²) < 4.78 is 67.7. The molecule has 214 valence electrons. The van der Waals surface area contributed by atoms with Gasteiger partial charge >= 0.3 is 11.9 Å². The minimum absolute atomic E-state index is 0.0194. The van der Waals surface area contributed by atoms with Crippen LogP contribution in [0.2, 0.25) is 0 Å². The molecule has 0 bridgehead atoms. The molecule has 0 saturated heterocycles. The third-order valence-electron chi connectivity index (χ3n) is 6.85. The van der Waals surface area contributed by atoms with Gasteiger partial charge in [0.2, 0.25) is 5.95 Å². The van der Waals surface area contributed by atoms with E-state index < -0.39 is 33.3 Å². The summed E-state index contributed by atoms with van der Waals surface area (Å²) in [5.41, 5.74) is -0.297. The van der Waals surface area contributed by atoms with Gasteiger partial charge in [0.1, 0.15) is 15.9 Å². The molecule has 1 aliphatic heterocycles. The normalized spacial score (nSPS) is 15.4. The second-order valence-corrected chi connectivity index (χ2v) is 12.0. The molecule has 1 aromatic heterocycles. The number of hydrogen-bond donors (Lipinski definition) is 0. The summed E-state index contributed by atoms with van der Waals surface area (Å²) in [6.07, 6.45) is -3.27. The van der Waals surface area contributed by atoms with Crippen molar-refractivity contribution in [2.75, 3.05) is 16.4 Å². The maximum atomic E-state index is 13.7. The van der Waals surface area contributed by atoms with Crippen molar-refractivity contribution in [3.8, 4) is 12.1 Å². The van der Waals surface area contributed by atoms with E-state index in [0.717, 1.165) is 23.2 Å². The molecule has 0 amide bonds. The fourth-order valence-corrected chi connectivity index (χ4v) is 6.26. The molecule has 2 heterocycles. The van der Waals surface area contributed by atoms with Crippen LogP contribution in [0.3, 0.4) is 0 Å². The lowest BCUT2D eigenvalue weighted by Crippen LogP contribution is -2.36. The number of allylic oxidation sites excluding steroid dienone is 2. The lowest BCUT2D eigenvalue weighted by atomic mass is 9.94. The van der Waals surface area contributed by atoms with Gasteiger partial charge in [-0.05, 0) is 55.7 Å². The van der Waals surface area contributed by atoms with Crippen molar-refractivity contribution in [2.45, 2.75) is 51.9 Å². The third kappa shape index (κ3) is 6.05. The van der Waals surface area contributed by atoms with Crippen molar-refractivity contribution in [2.24, 2.45) is 0 Å². The maximum absolute atomic E-state index is 13.7. The van der Waals surface area contributed by atoms with Gasteiger partial charge in [0.05, 0.1) is 40.3 Å². The number of sulfone groups is 1. The van der Waals surface area contributed by atoms with Gasteiger partial charge in [0, 0.05) is 17.9 Å². The Morgan fingerprint density at radius 3 is 2.32 bits per heavy atom. The minimum atomic E-state index is -4.63. The standard InChI is InChI=1S/C28H27F3N6O3S/c1-3-4-14-41(39,40)15-6-13-35-27(38)37-25(21-11-9-20(17-32)10-12-21)24(18-33)19(2)36(26(37)34-35)23-8-5-7-22(16-23)28(29,30)31/h5,7-12,16,25H,3-4,6,13-15H2,1-2H3. The Balaban J connectivity index is 1.86. The highest BCUT2D eigenvalue weighted by Crippen LogP contribution is 2.42. The molecule has 0 saturated carbocycles. The first-order valence-corrected chi connectivity index (χ1v) is 14.7. The van der Waals surface area contributed by atoms with E-state index in [9.17, 15) is 36.9 Å². The number of alkyl halides is 3. The van der Waals surface area contributed by atoms with Gasteiger partial charge in [0.15, 0.2) is 0 Å². The number of nitrogens with zero attached hydrogens (tertiary/aromatic N) is 6. The summed E-state index contributed by atoms with van der Waals surface area (Å²) in [6.45, 7) is 3.39. The zero-order valence-electron chi connectivity index (χ0n) is 22.4. The van der Waals surface area contributed by atoms with E-state index in [-0.39, 0.29) is 47.4 Å².